The molecule has 2 heteroatoms. The largest absolute Gasteiger partial charge is 0.466 e. The minimum absolute atomic E-state index is 0.0319. The molecule has 0 rings (SSSR count). The summed E-state index contributed by atoms with van der Waals surface area (Å²) in [4.78, 5) is 11.9. The van der Waals surface area contributed by atoms with Gasteiger partial charge in [-0.1, -0.05) is 159 Å². The van der Waals surface area contributed by atoms with Gasteiger partial charge in [0.1, 0.15) is 0 Å². The van der Waals surface area contributed by atoms with E-state index < -0.39 is 0 Å². The van der Waals surface area contributed by atoms with Crippen molar-refractivity contribution in [3.8, 4) is 0 Å². The van der Waals surface area contributed by atoms with E-state index >= 15 is 0 Å². The Morgan fingerprint density at radius 3 is 1.29 bits per heavy atom. The van der Waals surface area contributed by atoms with Gasteiger partial charge in [-0.25, -0.2) is 0 Å². The first-order valence-corrected chi connectivity index (χ1v) is 16.6. The average Bonchev–Trinajstić information content (AvgIpc) is 2.92. The third kappa shape index (κ3) is 32.5. The lowest BCUT2D eigenvalue weighted by atomic mass is 10.0. The van der Waals surface area contributed by atoms with Crippen LogP contribution in [0.2, 0.25) is 0 Å². The van der Waals surface area contributed by atoms with Crippen molar-refractivity contribution in [1.82, 2.24) is 0 Å². The highest BCUT2D eigenvalue weighted by atomic mass is 16.5. The number of allylic oxidation sites excluding steroid dienone is 8. The Bertz CT molecular complexity index is 584. The molecule has 0 aliphatic heterocycles. The highest BCUT2D eigenvalue weighted by Crippen LogP contribution is 2.13. The molecule has 0 aliphatic carbocycles. The Morgan fingerprint density at radius 2 is 0.816 bits per heavy atom. The first kappa shape index (κ1) is 36.4. The van der Waals surface area contributed by atoms with E-state index in [9.17, 15) is 4.79 Å². The van der Waals surface area contributed by atoms with Crippen LogP contribution in [0.25, 0.3) is 0 Å². The van der Waals surface area contributed by atoms with Gasteiger partial charge in [0.15, 0.2) is 0 Å². The van der Waals surface area contributed by atoms with Crippen molar-refractivity contribution in [3.63, 3.8) is 0 Å². The van der Waals surface area contributed by atoms with E-state index in [4.69, 9.17) is 4.74 Å². The average molecular weight is 529 g/mol. The molecule has 0 N–H and O–H groups in total. The van der Waals surface area contributed by atoms with Gasteiger partial charge in [-0.2, -0.15) is 0 Å². The summed E-state index contributed by atoms with van der Waals surface area (Å²) in [5.74, 6) is -0.0319. The number of ether oxygens (including phenoxy) is 1. The molecule has 0 saturated carbocycles. The number of carbonyl (C=O) groups excluding carboxylic acids is 1. The molecule has 0 spiro atoms. The minimum atomic E-state index is -0.0319. The van der Waals surface area contributed by atoms with E-state index in [2.05, 4.69) is 62.5 Å². The van der Waals surface area contributed by atoms with Crippen LogP contribution in [0.15, 0.2) is 48.6 Å². The van der Waals surface area contributed by atoms with Crippen LogP contribution in [0.4, 0.5) is 0 Å². The molecule has 0 saturated heterocycles. The molecular weight excluding hydrogens is 464 g/mol. The third-order valence-corrected chi connectivity index (χ3v) is 6.97. The number of unbranched alkanes of at least 4 members (excludes halogenated alkanes) is 17. The fourth-order valence-electron chi connectivity index (χ4n) is 4.48. The van der Waals surface area contributed by atoms with Gasteiger partial charge in [0.2, 0.25) is 0 Å². The van der Waals surface area contributed by atoms with E-state index in [1.807, 2.05) is 0 Å². The van der Waals surface area contributed by atoms with Crippen LogP contribution < -0.4 is 0 Å². The number of carbonyl (C=O) groups is 1. The molecule has 38 heavy (non-hydrogen) atoms. The molecule has 0 aromatic carbocycles. The van der Waals surface area contributed by atoms with Gasteiger partial charge in [-0.05, 0) is 51.4 Å². The van der Waals surface area contributed by atoms with E-state index in [0.717, 1.165) is 38.5 Å². The molecule has 2 nitrogen and oxygen atoms in total. The van der Waals surface area contributed by atoms with Crippen LogP contribution in [0, 0.1) is 0 Å². The van der Waals surface area contributed by atoms with Crippen molar-refractivity contribution < 1.29 is 9.53 Å². The minimum Gasteiger partial charge on any atom is -0.466 e. The lowest BCUT2D eigenvalue weighted by Gasteiger charge is -2.05. The molecule has 0 aromatic rings. The van der Waals surface area contributed by atoms with Gasteiger partial charge < -0.3 is 4.74 Å². The van der Waals surface area contributed by atoms with Crippen LogP contribution in [-0.2, 0) is 9.53 Å². The topological polar surface area (TPSA) is 26.3 Å². The van der Waals surface area contributed by atoms with E-state index in [-0.39, 0.29) is 5.97 Å². The second kappa shape index (κ2) is 33.5. The number of esters is 1. The molecule has 0 heterocycles. The van der Waals surface area contributed by atoms with Crippen LogP contribution in [0.1, 0.15) is 168 Å². The summed E-state index contributed by atoms with van der Waals surface area (Å²) in [7, 11) is 0. The lowest BCUT2D eigenvalue weighted by Crippen LogP contribution is -2.05. The third-order valence-electron chi connectivity index (χ3n) is 6.97. The summed E-state index contributed by atoms with van der Waals surface area (Å²) in [5.41, 5.74) is 0. The Balaban J connectivity index is 3.35. The molecule has 0 aromatic heterocycles. The van der Waals surface area contributed by atoms with Gasteiger partial charge in [-0.15, -0.1) is 0 Å². The predicted molar refractivity (Wildman–Crippen MR) is 170 cm³/mol. The predicted octanol–water partition coefficient (Wildman–Crippen LogP) is 12.2. The normalized spacial score (nSPS) is 12.2. The molecule has 0 bridgehead atoms. The van der Waals surface area contributed by atoms with Crippen molar-refractivity contribution in [2.75, 3.05) is 6.61 Å². The van der Waals surface area contributed by atoms with E-state index in [1.165, 1.54) is 109 Å². The smallest absolute Gasteiger partial charge is 0.305 e. The summed E-state index contributed by atoms with van der Waals surface area (Å²) in [6.07, 6.45) is 47.3. The Morgan fingerprint density at radius 1 is 0.447 bits per heavy atom. The number of rotatable bonds is 29. The summed E-state index contributed by atoms with van der Waals surface area (Å²) in [6.45, 7) is 5.13. The van der Waals surface area contributed by atoms with Crippen LogP contribution in [-0.4, -0.2) is 12.6 Å². The Kier molecular flexibility index (Phi) is 32.1. The van der Waals surface area contributed by atoms with E-state index in [1.54, 1.807) is 0 Å². The van der Waals surface area contributed by atoms with Gasteiger partial charge in [-0.3, -0.25) is 4.79 Å². The Hall–Kier alpha value is -1.57. The fourth-order valence-corrected chi connectivity index (χ4v) is 4.48. The second-order valence-corrected chi connectivity index (χ2v) is 10.8. The molecule has 0 unspecified atom stereocenters. The zero-order chi connectivity index (χ0) is 27.6. The number of hydrogen-bond donors (Lipinski definition) is 0. The zero-order valence-corrected chi connectivity index (χ0v) is 25.6. The van der Waals surface area contributed by atoms with Gasteiger partial charge in [0.05, 0.1) is 6.61 Å². The molecule has 0 radical (unpaired) electrons. The van der Waals surface area contributed by atoms with E-state index in [0.29, 0.717) is 13.0 Å². The maximum Gasteiger partial charge on any atom is 0.305 e. The first-order valence-electron chi connectivity index (χ1n) is 16.6. The molecule has 0 amide bonds. The van der Waals surface area contributed by atoms with Crippen LogP contribution in [0.5, 0.6) is 0 Å². The van der Waals surface area contributed by atoms with Crippen LogP contribution in [0.3, 0.4) is 0 Å². The standard InChI is InChI=1S/C36H64O2/c1-3-5-7-9-11-13-15-17-19-20-21-22-24-26-28-30-32-34-36(37)38-35-33-31-29-27-25-23-18-16-14-12-10-8-6-4-2/h11,13,17,19,21-22,26,28H,3-10,12,14-16,18,20,23-25,27,29-35H2,1-2H3/b13-11-,19-17-,22-21-,28-26-. The number of hydrogen-bond acceptors (Lipinski definition) is 2. The quantitative estimate of drug-likeness (QED) is 0.0548. The molecule has 0 atom stereocenters. The lowest BCUT2D eigenvalue weighted by molar-refractivity contribution is -0.143. The first-order chi connectivity index (χ1) is 18.8. The van der Waals surface area contributed by atoms with Crippen molar-refractivity contribution in [1.29, 1.82) is 0 Å². The molecule has 0 fully saturated rings. The highest BCUT2D eigenvalue weighted by molar-refractivity contribution is 5.69. The van der Waals surface area contributed by atoms with Crippen LogP contribution >= 0.6 is 0 Å². The highest BCUT2D eigenvalue weighted by Gasteiger charge is 2.01. The monoisotopic (exact) mass is 528 g/mol. The fraction of sp³-hybridized carbons (Fsp3) is 0.750. The molecule has 0 aliphatic rings. The van der Waals surface area contributed by atoms with Crippen molar-refractivity contribution in [2.45, 2.75) is 168 Å². The summed E-state index contributed by atoms with van der Waals surface area (Å²) in [6, 6.07) is 0. The second-order valence-electron chi connectivity index (χ2n) is 10.8. The van der Waals surface area contributed by atoms with Crippen molar-refractivity contribution in [3.05, 3.63) is 48.6 Å². The molecular formula is C36H64O2. The maximum absolute atomic E-state index is 11.9. The van der Waals surface area contributed by atoms with Gasteiger partial charge in [0.25, 0.3) is 0 Å². The summed E-state index contributed by atoms with van der Waals surface area (Å²) < 4.78 is 5.39. The SMILES string of the molecule is CCCCC/C=C\C/C=C\C/C=C\C/C=C\CCCC(=O)OCCCCCCCCCCCCCCCC. The van der Waals surface area contributed by atoms with Gasteiger partial charge >= 0.3 is 5.97 Å². The zero-order valence-electron chi connectivity index (χ0n) is 25.6. The summed E-state index contributed by atoms with van der Waals surface area (Å²) >= 11 is 0. The van der Waals surface area contributed by atoms with Crippen molar-refractivity contribution >= 4 is 5.97 Å². The molecule has 220 valence electrons. The van der Waals surface area contributed by atoms with Crippen molar-refractivity contribution in [2.24, 2.45) is 0 Å². The van der Waals surface area contributed by atoms with Gasteiger partial charge in [0, 0.05) is 6.42 Å². The summed E-state index contributed by atoms with van der Waals surface area (Å²) in [5, 5.41) is 0. The maximum atomic E-state index is 11.9. The Labute approximate surface area is 238 Å².